The molecule has 0 spiro atoms. The molecule has 1 aliphatic rings. The lowest BCUT2D eigenvalue weighted by molar-refractivity contribution is -0.141. The molecule has 1 atom stereocenters. The van der Waals surface area contributed by atoms with Crippen molar-refractivity contribution in [2.24, 2.45) is 13.0 Å². The van der Waals surface area contributed by atoms with E-state index in [0.29, 0.717) is 12.8 Å². The molecule has 2 aromatic rings. The molecule has 0 saturated heterocycles. The number of carboxylic acids is 1. The SMILES string of the molecule is CCC(Cc1c(C)n(C)c2cc3c(cc12)CN(C)C3)C(=O)O. The summed E-state index contributed by atoms with van der Waals surface area (Å²) >= 11 is 0. The van der Waals surface area contributed by atoms with Crippen molar-refractivity contribution in [2.75, 3.05) is 7.05 Å². The predicted molar refractivity (Wildman–Crippen MR) is 87.9 cm³/mol. The first-order valence-corrected chi connectivity index (χ1v) is 7.93. The molecule has 1 aromatic carbocycles. The number of hydrogen-bond donors (Lipinski definition) is 1. The smallest absolute Gasteiger partial charge is 0.306 e. The van der Waals surface area contributed by atoms with Gasteiger partial charge in [0.05, 0.1) is 5.92 Å². The summed E-state index contributed by atoms with van der Waals surface area (Å²) in [5.74, 6) is -1.000. The van der Waals surface area contributed by atoms with Crippen molar-refractivity contribution in [1.29, 1.82) is 0 Å². The number of carboxylic acid groups (broad SMARTS) is 1. The molecule has 0 fully saturated rings. The molecule has 0 radical (unpaired) electrons. The first kappa shape index (κ1) is 15.1. The zero-order valence-corrected chi connectivity index (χ0v) is 13.8. The molecule has 3 rings (SSSR count). The lowest BCUT2D eigenvalue weighted by Crippen LogP contribution is -2.15. The quantitative estimate of drug-likeness (QED) is 0.944. The molecular weight excluding hydrogens is 276 g/mol. The van der Waals surface area contributed by atoms with Crippen LogP contribution in [0.1, 0.15) is 35.7 Å². The van der Waals surface area contributed by atoms with Crippen molar-refractivity contribution in [1.82, 2.24) is 9.47 Å². The molecule has 4 heteroatoms. The normalized spacial score (nSPS) is 16.2. The minimum atomic E-state index is -0.695. The zero-order valence-electron chi connectivity index (χ0n) is 13.8. The van der Waals surface area contributed by atoms with Crippen LogP contribution in [0, 0.1) is 12.8 Å². The van der Waals surface area contributed by atoms with Gasteiger partial charge in [0.25, 0.3) is 0 Å². The Labute approximate surface area is 131 Å². The Bertz CT molecular complexity index is 745. The van der Waals surface area contributed by atoms with Gasteiger partial charge in [-0.3, -0.25) is 9.69 Å². The van der Waals surface area contributed by atoms with E-state index in [-0.39, 0.29) is 5.92 Å². The van der Waals surface area contributed by atoms with E-state index in [1.807, 2.05) is 6.92 Å². The Hall–Kier alpha value is -1.81. The number of hydrogen-bond acceptors (Lipinski definition) is 2. The molecule has 0 aliphatic carbocycles. The molecule has 22 heavy (non-hydrogen) atoms. The fourth-order valence-corrected chi connectivity index (χ4v) is 3.62. The molecule has 1 aromatic heterocycles. The standard InChI is InChI=1S/C18H24N2O2/c1-5-12(18(21)22)6-15-11(2)20(4)17-8-14-10-19(3)9-13(14)7-16(15)17/h7-8,12H,5-6,9-10H2,1-4H3,(H,21,22). The topological polar surface area (TPSA) is 45.5 Å². The Kier molecular flexibility index (Phi) is 3.73. The number of fused-ring (bicyclic) bond motifs is 2. The molecule has 1 aliphatic heterocycles. The molecule has 118 valence electrons. The second-order valence-electron chi connectivity index (χ2n) is 6.58. The second-order valence-corrected chi connectivity index (χ2v) is 6.58. The minimum absolute atomic E-state index is 0.305. The van der Waals surface area contributed by atoms with Crippen molar-refractivity contribution in [3.8, 4) is 0 Å². The van der Waals surface area contributed by atoms with Gasteiger partial charge in [0.15, 0.2) is 0 Å². The molecule has 4 nitrogen and oxygen atoms in total. The van der Waals surface area contributed by atoms with Gasteiger partial charge in [-0.1, -0.05) is 6.92 Å². The van der Waals surface area contributed by atoms with E-state index >= 15 is 0 Å². The number of aliphatic carboxylic acids is 1. The fourth-order valence-electron chi connectivity index (χ4n) is 3.62. The summed E-state index contributed by atoms with van der Waals surface area (Å²) in [5, 5.41) is 10.6. The highest BCUT2D eigenvalue weighted by molar-refractivity contribution is 5.88. The maximum atomic E-state index is 11.4. The van der Waals surface area contributed by atoms with Gasteiger partial charge in [-0.15, -0.1) is 0 Å². The number of aryl methyl sites for hydroxylation is 1. The number of benzene rings is 1. The summed E-state index contributed by atoms with van der Waals surface area (Å²) in [6.07, 6.45) is 1.28. The third-order valence-corrected chi connectivity index (χ3v) is 5.12. The fraction of sp³-hybridized carbons (Fsp3) is 0.500. The van der Waals surface area contributed by atoms with Crippen LogP contribution in [-0.2, 0) is 31.4 Å². The number of rotatable bonds is 4. The average Bonchev–Trinajstić information content (AvgIpc) is 2.93. The van der Waals surface area contributed by atoms with Gasteiger partial charge in [0.1, 0.15) is 0 Å². The lowest BCUT2D eigenvalue weighted by atomic mass is 9.94. The summed E-state index contributed by atoms with van der Waals surface area (Å²) in [6, 6.07) is 4.57. The Morgan fingerprint density at radius 2 is 1.91 bits per heavy atom. The maximum Gasteiger partial charge on any atom is 0.306 e. The van der Waals surface area contributed by atoms with Gasteiger partial charge in [-0.05, 0) is 55.6 Å². The van der Waals surface area contributed by atoms with E-state index in [9.17, 15) is 9.90 Å². The molecule has 0 saturated carbocycles. The molecule has 2 heterocycles. The average molecular weight is 300 g/mol. The van der Waals surface area contributed by atoms with Crippen molar-refractivity contribution in [2.45, 2.75) is 39.8 Å². The van der Waals surface area contributed by atoms with Crippen molar-refractivity contribution >= 4 is 16.9 Å². The van der Waals surface area contributed by atoms with E-state index in [2.05, 4.69) is 42.6 Å². The largest absolute Gasteiger partial charge is 0.481 e. The van der Waals surface area contributed by atoms with Crippen LogP contribution in [-0.4, -0.2) is 27.6 Å². The van der Waals surface area contributed by atoms with E-state index in [1.165, 1.54) is 33.3 Å². The summed E-state index contributed by atoms with van der Waals surface area (Å²) in [7, 11) is 4.21. The molecular formula is C18H24N2O2. The van der Waals surface area contributed by atoms with Crippen molar-refractivity contribution in [3.63, 3.8) is 0 Å². The Morgan fingerprint density at radius 1 is 1.27 bits per heavy atom. The van der Waals surface area contributed by atoms with E-state index in [1.54, 1.807) is 0 Å². The lowest BCUT2D eigenvalue weighted by Gasteiger charge is -2.10. The highest BCUT2D eigenvalue weighted by Gasteiger charge is 2.23. The number of carbonyl (C=O) groups is 1. The van der Waals surface area contributed by atoms with Crippen LogP contribution in [0.5, 0.6) is 0 Å². The highest BCUT2D eigenvalue weighted by Crippen LogP contribution is 2.33. The van der Waals surface area contributed by atoms with Crippen molar-refractivity contribution in [3.05, 3.63) is 34.5 Å². The molecule has 1 N–H and O–H groups in total. The maximum absolute atomic E-state index is 11.4. The van der Waals surface area contributed by atoms with Crippen LogP contribution in [0.4, 0.5) is 0 Å². The van der Waals surface area contributed by atoms with Crippen LogP contribution >= 0.6 is 0 Å². The molecule has 1 unspecified atom stereocenters. The summed E-state index contributed by atoms with van der Waals surface area (Å²) in [6.45, 7) is 6.03. The van der Waals surface area contributed by atoms with Gasteiger partial charge in [-0.25, -0.2) is 0 Å². The minimum Gasteiger partial charge on any atom is -0.481 e. The highest BCUT2D eigenvalue weighted by atomic mass is 16.4. The van der Waals surface area contributed by atoms with Gasteiger partial charge in [0, 0.05) is 36.7 Å². The van der Waals surface area contributed by atoms with E-state index < -0.39 is 5.97 Å². The zero-order chi connectivity index (χ0) is 16.0. The Balaban J connectivity index is 2.12. The third-order valence-electron chi connectivity index (χ3n) is 5.12. The van der Waals surface area contributed by atoms with Crippen LogP contribution in [0.15, 0.2) is 12.1 Å². The van der Waals surface area contributed by atoms with E-state index in [0.717, 1.165) is 13.1 Å². The van der Waals surface area contributed by atoms with Crippen LogP contribution < -0.4 is 0 Å². The van der Waals surface area contributed by atoms with Crippen LogP contribution in [0.25, 0.3) is 10.9 Å². The number of nitrogens with zero attached hydrogens (tertiary/aromatic N) is 2. The van der Waals surface area contributed by atoms with E-state index in [4.69, 9.17) is 0 Å². The van der Waals surface area contributed by atoms with Crippen LogP contribution in [0.3, 0.4) is 0 Å². The number of aromatic nitrogens is 1. The molecule has 0 amide bonds. The summed E-state index contributed by atoms with van der Waals surface area (Å²) in [5.41, 5.74) is 6.38. The van der Waals surface area contributed by atoms with Gasteiger partial charge < -0.3 is 9.67 Å². The monoisotopic (exact) mass is 300 g/mol. The first-order chi connectivity index (χ1) is 10.4. The van der Waals surface area contributed by atoms with Gasteiger partial charge in [-0.2, -0.15) is 0 Å². The van der Waals surface area contributed by atoms with Gasteiger partial charge >= 0.3 is 5.97 Å². The third kappa shape index (κ3) is 2.31. The summed E-state index contributed by atoms with van der Waals surface area (Å²) in [4.78, 5) is 13.7. The van der Waals surface area contributed by atoms with Crippen LogP contribution in [0.2, 0.25) is 0 Å². The summed E-state index contributed by atoms with van der Waals surface area (Å²) < 4.78 is 2.21. The first-order valence-electron chi connectivity index (χ1n) is 7.93. The predicted octanol–water partition coefficient (Wildman–Crippen LogP) is 3.09. The van der Waals surface area contributed by atoms with Gasteiger partial charge in [0.2, 0.25) is 0 Å². The Morgan fingerprint density at radius 3 is 2.50 bits per heavy atom. The van der Waals surface area contributed by atoms with Crippen molar-refractivity contribution < 1.29 is 9.90 Å². The molecule has 0 bridgehead atoms. The second kappa shape index (κ2) is 5.43.